The van der Waals surface area contributed by atoms with E-state index in [1.165, 1.54) is 78.5 Å². The van der Waals surface area contributed by atoms with Crippen molar-refractivity contribution in [2.75, 3.05) is 60.9 Å². The molecule has 8 amide bonds. The number of aromatic nitrogens is 8. The minimum Gasteiger partial charge on any atom is -0.476 e. The Labute approximate surface area is 664 Å². The summed E-state index contributed by atoms with van der Waals surface area (Å²) in [5, 5.41) is 19.6. The molecule has 8 N–H and O–H groups in total. The van der Waals surface area contributed by atoms with Crippen LogP contribution in [0.3, 0.4) is 0 Å². The molecule has 0 saturated carbocycles. The summed E-state index contributed by atoms with van der Waals surface area (Å²) in [6.07, 6.45) is 29.6. The summed E-state index contributed by atoms with van der Waals surface area (Å²) in [6.45, 7) is 5.28. The van der Waals surface area contributed by atoms with Crippen LogP contribution in [-0.4, -0.2) is 136 Å². The molecule has 33 nitrogen and oxygen atoms in total. The lowest BCUT2D eigenvalue weighted by atomic mass is 9.86. The third-order valence-corrected chi connectivity index (χ3v) is 29.5. The van der Waals surface area contributed by atoms with Gasteiger partial charge in [0.2, 0.25) is 5.88 Å². The van der Waals surface area contributed by atoms with Gasteiger partial charge in [-0.3, -0.25) is 9.25 Å². The Morgan fingerprint density at radius 1 is 0.365 bits per heavy atom. The molecule has 1 fully saturated rings. The molecule has 0 radical (unpaired) electrons. The first-order valence-corrected chi connectivity index (χ1v) is 45.7. The van der Waals surface area contributed by atoms with Gasteiger partial charge in [0.05, 0.1) is 88.6 Å². The Bertz CT molecular complexity index is 5290. The van der Waals surface area contributed by atoms with Gasteiger partial charge in [0.1, 0.15) is 23.9 Å². The molecule has 1 spiro atoms. The highest BCUT2D eigenvalue weighted by Gasteiger charge is 2.46. The largest absolute Gasteiger partial charge is 0.476 e. The van der Waals surface area contributed by atoms with Crippen molar-refractivity contribution >= 4 is 87.0 Å². The smallest absolute Gasteiger partial charge is 0.333 e. The summed E-state index contributed by atoms with van der Waals surface area (Å²) in [6, 6.07) is 6.39. The number of urea groups is 4. The number of nitrogens with zero attached hydrogens (tertiary/aromatic N) is 8. The van der Waals surface area contributed by atoms with Crippen LogP contribution >= 0.6 is 0 Å². The zero-order valence-electron chi connectivity index (χ0n) is 63.4. The van der Waals surface area contributed by atoms with E-state index < -0.39 is 64.2 Å². The van der Waals surface area contributed by atoms with Crippen molar-refractivity contribution in [3.63, 3.8) is 0 Å². The predicted molar refractivity (Wildman–Crippen MR) is 416 cm³/mol. The summed E-state index contributed by atoms with van der Waals surface area (Å²) in [7, 11) is -16.2. The van der Waals surface area contributed by atoms with Crippen LogP contribution in [0, 0.1) is 5.41 Å². The number of amides is 8. The summed E-state index contributed by atoms with van der Waals surface area (Å²) >= 11 is 0. The van der Waals surface area contributed by atoms with Crippen LogP contribution in [0.2, 0.25) is 0 Å². The number of rotatable bonds is 12. The lowest BCUT2D eigenvalue weighted by molar-refractivity contribution is -0.154. The molecule has 4 aromatic carbocycles. The van der Waals surface area contributed by atoms with Crippen molar-refractivity contribution in [3.8, 4) is 11.9 Å². The third kappa shape index (κ3) is 14.9. The Morgan fingerprint density at radius 3 is 1.18 bits per heavy atom. The Morgan fingerprint density at radius 2 is 0.748 bits per heavy atom. The molecule has 8 aliphatic carbocycles. The van der Waals surface area contributed by atoms with E-state index in [9.17, 15) is 52.8 Å². The number of benzene rings is 4. The number of hydrogen-bond donors (Lipinski definition) is 8. The highest BCUT2D eigenvalue weighted by Crippen LogP contribution is 2.44. The average molecular weight is 1650 g/mol. The third-order valence-electron chi connectivity index (χ3n) is 24.2. The van der Waals surface area contributed by atoms with Crippen molar-refractivity contribution in [1.29, 1.82) is 0 Å². The van der Waals surface area contributed by atoms with E-state index >= 15 is 0 Å². The maximum Gasteiger partial charge on any atom is 0.333 e. The molecular formula is C78H90N16O17S4. The van der Waals surface area contributed by atoms with E-state index in [-0.39, 0.29) is 50.4 Å². The summed E-state index contributed by atoms with van der Waals surface area (Å²) < 4.78 is 144. The van der Waals surface area contributed by atoms with E-state index in [2.05, 4.69) is 84.6 Å². The van der Waals surface area contributed by atoms with E-state index in [4.69, 9.17) is 23.7 Å². The molecule has 21 rings (SSSR count). The molecule has 0 atom stereocenters. The van der Waals surface area contributed by atoms with Gasteiger partial charge in [-0.1, -0.05) is 24.3 Å². The summed E-state index contributed by atoms with van der Waals surface area (Å²) in [5.41, 5.74) is 23.0. The van der Waals surface area contributed by atoms with E-state index in [1.807, 2.05) is 0 Å². The van der Waals surface area contributed by atoms with Gasteiger partial charge in [0, 0.05) is 35.8 Å². The number of carbonyl (C=O) groups excluding carboxylic acids is 4. The molecule has 9 heterocycles. The second-order valence-electron chi connectivity index (χ2n) is 31.6. The lowest BCUT2D eigenvalue weighted by Crippen LogP contribution is -2.52. The molecule has 115 heavy (non-hydrogen) atoms. The molecule has 608 valence electrons. The molecule has 4 aromatic heterocycles. The number of nitrogens with one attached hydrogen (secondary N) is 8. The van der Waals surface area contributed by atoms with E-state index in [1.54, 1.807) is 9.25 Å². The fourth-order valence-electron chi connectivity index (χ4n) is 18.9. The number of imidazole rings is 2. The summed E-state index contributed by atoms with van der Waals surface area (Å²) in [4.78, 5) is 58.6. The fourth-order valence-corrected chi connectivity index (χ4v) is 23.1. The number of fused-ring (bicyclic) bond motifs is 12. The van der Waals surface area contributed by atoms with E-state index in [0.29, 0.717) is 83.8 Å². The normalized spacial score (nSPS) is 18.4. The minimum absolute atomic E-state index is 0.00845. The zero-order chi connectivity index (χ0) is 79.1. The van der Waals surface area contributed by atoms with Crippen LogP contribution in [-0.2, 0) is 196 Å². The lowest BCUT2D eigenvalue weighted by Gasteiger charge is -2.43. The standard InChI is InChI=1S/C21H24N4O5S.3C19H22N4O4S/c26-20(23-18-15-5-1-3-13(15)7-14-4-2-6-16(14)18)24-31(27,28)17-8-22-25-9-21(10-29-11-21)12-30-19(17)25;24-18(22-28(25,26)16-11-20-19-23(16)8-3-9-27-19)21-17-14-6-1-4-12(14)10-13-5-2-7-15(13)17;24-19(22-28(25,26)17-10-20-16-11-27-8-7-23(16)17)21-18-14-5-1-3-12(14)9-13-4-2-6-15(13)18;24-19(22-28(25,26)17-10-20-23-7-8-27-11-16(17)23)21-18-14-5-1-3-12(14)9-13-4-2-6-15(13)18/h7-8H,1-6,9-12H2,(H2,23,24,26);10-11H,1-9H2,(H2,21,22,24);2*9-10H,1-8,11H2,(H2,21,22,24). The highest BCUT2D eigenvalue weighted by molar-refractivity contribution is 7.91. The van der Waals surface area contributed by atoms with Crippen LogP contribution in [0.5, 0.6) is 11.9 Å². The van der Waals surface area contributed by atoms with Crippen LogP contribution in [0.25, 0.3) is 0 Å². The van der Waals surface area contributed by atoms with Crippen molar-refractivity contribution in [2.24, 2.45) is 5.41 Å². The predicted octanol–water partition coefficient (Wildman–Crippen LogP) is 7.74. The number of aryl methyl sites for hydroxylation is 8. The molecule has 13 aliphatic rings. The van der Waals surface area contributed by atoms with Crippen molar-refractivity contribution in [2.45, 2.75) is 220 Å². The van der Waals surface area contributed by atoms with Crippen molar-refractivity contribution in [1.82, 2.24) is 57.6 Å². The molecule has 0 unspecified atom stereocenters. The maximum atomic E-state index is 12.9. The van der Waals surface area contributed by atoms with Crippen LogP contribution in [0.4, 0.5) is 41.9 Å². The van der Waals surface area contributed by atoms with Gasteiger partial charge >= 0.3 is 24.1 Å². The first-order valence-electron chi connectivity index (χ1n) is 39.7. The second-order valence-corrected chi connectivity index (χ2v) is 38.2. The Hall–Kier alpha value is -9.92. The van der Waals surface area contributed by atoms with Crippen LogP contribution in [0.1, 0.15) is 158 Å². The van der Waals surface area contributed by atoms with Gasteiger partial charge < -0.3 is 49.5 Å². The Balaban J connectivity index is 0.000000106. The number of hydrogen-bond acceptors (Lipinski definition) is 21. The van der Waals surface area contributed by atoms with Gasteiger partial charge in [0.25, 0.3) is 46.1 Å². The second kappa shape index (κ2) is 30.6. The van der Waals surface area contributed by atoms with Gasteiger partial charge in [-0.25, -0.2) is 69.6 Å². The molecule has 8 aromatic rings. The van der Waals surface area contributed by atoms with Gasteiger partial charge in [-0.2, -0.15) is 27.0 Å². The van der Waals surface area contributed by atoms with E-state index in [0.717, 1.165) is 221 Å². The van der Waals surface area contributed by atoms with Crippen molar-refractivity contribution < 1.29 is 76.5 Å². The number of sulfonamides is 4. The van der Waals surface area contributed by atoms with Crippen molar-refractivity contribution in [3.05, 3.63) is 150 Å². The number of carbonyl (C=O) groups is 4. The van der Waals surface area contributed by atoms with Crippen LogP contribution in [0.15, 0.2) is 68.9 Å². The molecule has 0 bridgehead atoms. The van der Waals surface area contributed by atoms with Crippen LogP contribution < -0.4 is 49.6 Å². The monoisotopic (exact) mass is 1650 g/mol. The molecule has 37 heteroatoms. The summed E-state index contributed by atoms with van der Waals surface area (Å²) in [5.74, 6) is 0.713. The number of anilines is 4. The van der Waals surface area contributed by atoms with Gasteiger partial charge in [-0.15, -0.1) is 0 Å². The molecule has 5 aliphatic heterocycles. The molecule has 1 saturated heterocycles. The Kier molecular flexibility index (Phi) is 20.3. The average Bonchev–Trinajstić information content (AvgIpc) is 1.69. The highest BCUT2D eigenvalue weighted by atomic mass is 32.2. The quantitative estimate of drug-likeness (QED) is 0.0579. The SMILES string of the molecule is O=C(Nc1c2c(cc3c1CCC3)CCC2)NS(=O)(=O)c1cnc2n1CCCO2.O=C(Nc1c2c(cc3c1CCC3)CCC2)NS(=O)(=O)c1cnc2n1CCOC2.O=C(Nc1c2c(cc3c1CCC3)CCC2)NS(=O)(=O)c1cnn2c1COCC2.O=C(Nc1c2c(cc3c1CCC3)CCC2)NS(=O)(=O)c1cnn2c1OCC1(COC1)C2. The zero-order valence-corrected chi connectivity index (χ0v) is 66.7. The topological polar surface area (TPSA) is 419 Å². The van der Waals surface area contributed by atoms with Gasteiger partial charge in [0.15, 0.2) is 14.9 Å². The first-order chi connectivity index (χ1) is 55.5. The molecular weight excluding hydrogens is 1560 g/mol. The number of ether oxygens (including phenoxy) is 5. The fraction of sp³-hybridized carbons (Fsp3) is 0.487. The minimum atomic E-state index is -4.13. The van der Waals surface area contributed by atoms with Gasteiger partial charge in [-0.05, 0) is 250 Å². The maximum absolute atomic E-state index is 12.9. The first kappa shape index (κ1) is 76.4.